The molecule has 0 aliphatic rings. The molecular formula is C21H24Cl3NO4. The number of carbonyl (C=O) groups is 2. The molecule has 5 nitrogen and oxygen atoms in total. The summed E-state index contributed by atoms with van der Waals surface area (Å²) in [7, 11) is 0. The quantitative estimate of drug-likeness (QED) is 0.385. The molecule has 0 aliphatic carbocycles. The lowest BCUT2D eigenvalue weighted by atomic mass is 10.1. The van der Waals surface area contributed by atoms with Gasteiger partial charge in [-0.1, -0.05) is 55.2 Å². The zero-order valence-electron chi connectivity index (χ0n) is 16.3. The van der Waals surface area contributed by atoms with E-state index in [2.05, 4.69) is 5.32 Å². The Morgan fingerprint density at radius 1 is 1.07 bits per heavy atom. The van der Waals surface area contributed by atoms with E-state index in [0.29, 0.717) is 18.2 Å². The number of hydrogen-bond donors (Lipinski definition) is 2. The minimum atomic E-state index is -1.16. The second-order valence-electron chi connectivity index (χ2n) is 5.70. The number of alkyl halides is 1. The number of hydrogen-bond acceptors (Lipinski definition) is 3. The molecule has 0 radical (unpaired) electrons. The van der Waals surface area contributed by atoms with Crippen molar-refractivity contribution in [1.29, 1.82) is 0 Å². The van der Waals surface area contributed by atoms with Crippen molar-refractivity contribution in [2.45, 2.75) is 32.7 Å². The average Bonchev–Trinajstić information content (AvgIpc) is 2.70. The Bertz CT molecular complexity index is 777. The molecule has 0 fully saturated rings. The van der Waals surface area contributed by atoms with E-state index >= 15 is 0 Å². The van der Waals surface area contributed by atoms with Gasteiger partial charge in [0.05, 0.1) is 22.2 Å². The molecule has 1 amide bonds. The number of rotatable bonds is 9. The standard InChI is InChI=1S/C19H18Cl3NO4.C2H6/c20-9-2-10-27-13-7-5-12(6-8-13)11-16(19(25)26)23-18(24)17-14(21)3-1-4-15(17)22;1-2/h1,3-8,16H,2,9-11H2,(H,23,24)(H,25,26);1-2H3. The molecule has 0 bridgehead atoms. The molecule has 0 aliphatic heterocycles. The third-order valence-electron chi connectivity index (χ3n) is 3.70. The Morgan fingerprint density at radius 2 is 1.66 bits per heavy atom. The number of halogens is 3. The molecule has 1 atom stereocenters. The maximum absolute atomic E-state index is 12.4. The molecule has 1 unspecified atom stereocenters. The van der Waals surface area contributed by atoms with Crippen molar-refractivity contribution in [1.82, 2.24) is 5.32 Å². The molecule has 2 rings (SSSR count). The number of aliphatic carboxylic acids is 1. The highest BCUT2D eigenvalue weighted by Gasteiger charge is 2.23. The Labute approximate surface area is 185 Å². The molecule has 2 N–H and O–H groups in total. The van der Waals surface area contributed by atoms with Gasteiger partial charge in [0.15, 0.2) is 0 Å². The minimum Gasteiger partial charge on any atom is -0.494 e. The van der Waals surface area contributed by atoms with Crippen LogP contribution in [0.5, 0.6) is 5.75 Å². The van der Waals surface area contributed by atoms with Crippen LogP contribution in [0.1, 0.15) is 36.2 Å². The van der Waals surface area contributed by atoms with Gasteiger partial charge in [-0.2, -0.15) is 0 Å². The van der Waals surface area contributed by atoms with Gasteiger partial charge in [0.25, 0.3) is 5.91 Å². The summed E-state index contributed by atoms with van der Waals surface area (Å²) in [4.78, 5) is 24.0. The summed E-state index contributed by atoms with van der Waals surface area (Å²) in [6.07, 6.45) is 0.839. The molecule has 0 aromatic heterocycles. The SMILES string of the molecule is CC.O=C(NC(Cc1ccc(OCCCCl)cc1)C(=O)O)c1c(Cl)cccc1Cl. The third kappa shape index (κ3) is 8.13. The largest absolute Gasteiger partial charge is 0.494 e. The van der Waals surface area contributed by atoms with E-state index in [-0.39, 0.29) is 22.0 Å². The normalized spacial score (nSPS) is 11.1. The molecule has 29 heavy (non-hydrogen) atoms. The first-order valence-electron chi connectivity index (χ1n) is 9.17. The van der Waals surface area contributed by atoms with Crippen LogP contribution in [0.15, 0.2) is 42.5 Å². The molecule has 0 saturated heterocycles. The zero-order valence-corrected chi connectivity index (χ0v) is 18.5. The van der Waals surface area contributed by atoms with Crippen molar-refractivity contribution < 1.29 is 19.4 Å². The van der Waals surface area contributed by atoms with Crippen LogP contribution in [0, 0.1) is 0 Å². The van der Waals surface area contributed by atoms with Gasteiger partial charge in [-0.3, -0.25) is 4.79 Å². The van der Waals surface area contributed by atoms with E-state index in [0.717, 1.165) is 12.0 Å². The van der Waals surface area contributed by atoms with Crippen LogP contribution in [0.4, 0.5) is 0 Å². The van der Waals surface area contributed by atoms with Gasteiger partial charge in [-0.25, -0.2) is 4.79 Å². The fourth-order valence-corrected chi connectivity index (χ4v) is 3.03. The molecule has 0 saturated carbocycles. The highest BCUT2D eigenvalue weighted by Crippen LogP contribution is 2.24. The Hall–Kier alpha value is -1.95. The summed E-state index contributed by atoms with van der Waals surface area (Å²) >= 11 is 17.6. The monoisotopic (exact) mass is 459 g/mol. The molecule has 2 aromatic rings. The Balaban J connectivity index is 0.00000204. The van der Waals surface area contributed by atoms with Crippen molar-refractivity contribution in [3.8, 4) is 5.75 Å². The summed E-state index contributed by atoms with van der Waals surface area (Å²) in [6.45, 7) is 4.51. The molecule has 8 heteroatoms. The number of carboxylic acids is 1. The average molecular weight is 461 g/mol. The second kappa shape index (κ2) is 13.3. The van der Waals surface area contributed by atoms with E-state index in [1.165, 1.54) is 12.1 Å². The predicted molar refractivity (Wildman–Crippen MR) is 118 cm³/mol. The molecular weight excluding hydrogens is 437 g/mol. The predicted octanol–water partition coefficient (Wildman–Crippen LogP) is 5.45. The molecule has 2 aromatic carbocycles. The van der Waals surface area contributed by atoms with Gasteiger partial charge in [0.2, 0.25) is 0 Å². The summed E-state index contributed by atoms with van der Waals surface area (Å²) in [5.74, 6) is -0.608. The molecule has 158 valence electrons. The topological polar surface area (TPSA) is 75.6 Å². The van der Waals surface area contributed by atoms with Crippen LogP contribution >= 0.6 is 34.8 Å². The smallest absolute Gasteiger partial charge is 0.326 e. The molecule has 0 spiro atoms. The van der Waals surface area contributed by atoms with Crippen LogP contribution < -0.4 is 10.1 Å². The van der Waals surface area contributed by atoms with Crippen molar-refractivity contribution in [2.24, 2.45) is 0 Å². The van der Waals surface area contributed by atoms with Gasteiger partial charge in [-0.05, 0) is 36.2 Å². The fourth-order valence-electron chi connectivity index (χ4n) is 2.35. The van der Waals surface area contributed by atoms with Crippen LogP contribution in [-0.4, -0.2) is 35.5 Å². The van der Waals surface area contributed by atoms with Gasteiger partial charge in [-0.15, -0.1) is 11.6 Å². The van der Waals surface area contributed by atoms with E-state index in [1.54, 1.807) is 30.3 Å². The van der Waals surface area contributed by atoms with Crippen LogP contribution in [0.25, 0.3) is 0 Å². The van der Waals surface area contributed by atoms with Crippen molar-refractivity contribution in [3.63, 3.8) is 0 Å². The van der Waals surface area contributed by atoms with Gasteiger partial charge < -0.3 is 15.2 Å². The number of carboxylic acid groups (broad SMARTS) is 1. The van der Waals surface area contributed by atoms with Crippen LogP contribution in [0.3, 0.4) is 0 Å². The van der Waals surface area contributed by atoms with E-state index in [1.807, 2.05) is 13.8 Å². The summed E-state index contributed by atoms with van der Waals surface area (Å²) in [6, 6.07) is 10.5. The van der Waals surface area contributed by atoms with E-state index < -0.39 is 17.9 Å². The molecule has 0 heterocycles. The minimum absolute atomic E-state index is 0.0510. The summed E-state index contributed by atoms with van der Waals surface area (Å²) in [5, 5.41) is 12.2. The lowest BCUT2D eigenvalue weighted by molar-refractivity contribution is -0.139. The van der Waals surface area contributed by atoms with E-state index in [9.17, 15) is 14.7 Å². The van der Waals surface area contributed by atoms with Crippen LogP contribution in [0.2, 0.25) is 10.0 Å². The lowest BCUT2D eigenvalue weighted by Gasteiger charge is -2.16. The highest BCUT2D eigenvalue weighted by molar-refractivity contribution is 6.39. The van der Waals surface area contributed by atoms with Crippen molar-refractivity contribution >= 4 is 46.7 Å². The number of amides is 1. The first-order chi connectivity index (χ1) is 13.9. The summed E-state index contributed by atoms with van der Waals surface area (Å²) < 4.78 is 5.50. The lowest BCUT2D eigenvalue weighted by Crippen LogP contribution is -2.42. The number of ether oxygens (including phenoxy) is 1. The second-order valence-corrected chi connectivity index (χ2v) is 6.89. The number of carbonyl (C=O) groups excluding carboxylic acids is 1. The van der Waals surface area contributed by atoms with Gasteiger partial charge in [0, 0.05) is 12.3 Å². The van der Waals surface area contributed by atoms with Gasteiger partial charge in [0.1, 0.15) is 11.8 Å². The highest BCUT2D eigenvalue weighted by atomic mass is 35.5. The summed E-state index contributed by atoms with van der Waals surface area (Å²) in [5.41, 5.74) is 0.785. The van der Waals surface area contributed by atoms with Crippen LogP contribution in [-0.2, 0) is 11.2 Å². The van der Waals surface area contributed by atoms with Crippen molar-refractivity contribution in [3.05, 3.63) is 63.6 Å². The number of nitrogens with one attached hydrogen (secondary N) is 1. The third-order valence-corrected chi connectivity index (χ3v) is 4.60. The first-order valence-corrected chi connectivity index (χ1v) is 10.5. The Morgan fingerprint density at radius 3 is 2.17 bits per heavy atom. The Kier molecular flexibility index (Phi) is 11.5. The maximum atomic E-state index is 12.4. The fraction of sp³-hybridized carbons (Fsp3) is 0.333. The zero-order chi connectivity index (χ0) is 21.8. The first kappa shape index (κ1) is 25.1. The van der Waals surface area contributed by atoms with E-state index in [4.69, 9.17) is 39.5 Å². The van der Waals surface area contributed by atoms with Crippen molar-refractivity contribution in [2.75, 3.05) is 12.5 Å². The number of benzene rings is 2. The maximum Gasteiger partial charge on any atom is 0.326 e. The van der Waals surface area contributed by atoms with Gasteiger partial charge >= 0.3 is 5.97 Å².